The molecule has 1 fully saturated rings. The van der Waals surface area contributed by atoms with Gasteiger partial charge in [0.2, 0.25) is 0 Å². The van der Waals surface area contributed by atoms with Gasteiger partial charge in [-0.25, -0.2) is 0 Å². The lowest BCUT2D eigenvalue weighted by Crippen LogP contribution is -2.43. The van der Waals surface area contributed by atoms with E-state index in [-0.39, 0.29) is 11.3 Å². The summed E-state index contributed by atoms with van der Waals surface area (Å²) in [4.78, 5) is 14.4. The lowest BCUT2D eigenvalue weighted by molar-refractivity contribution is 0.0820. The Morgan fingerprint density at radius 3 is 2.70 bits per heavy atom. The van der Waals surface area contributed by atoms with Gasteiger partial charge < -0.3 is 10.2 Å². The number of hydrogen-bond acceptors (Lipinski definition) is 3. The quantitative estimate of drug-likeness (QED) is 0.713. The van der Waals surface area contributed by atoms with Crippen molar-refractivity contribution in [1.82, 2.24) is 20.0 Å². The number of amides is 1. The number of carbonyl (C=O) groups is 1. The minimum absolute atomic E-state index is 0.00809. The van der Waals surface area contributed by atoms with Gasteiger partial charge in [0, 0.05) is 43.4 Å². The van der Waals surface area contributed by atoms with Crippen molar-refractivity contribution >= 4 is 5.91 Å². The van der Waals surface area contributed by atoms with Gasteiger partial charge in [0.15, 0.2) is 5.69 Å². The number of nitrogens with one attached hydrogen (secondary N) is 1. The minimum Gasteiger partial charge on any atom is -0.343 e. The van der Waals surface area contributed by atoms with Crippen molar-refractivity contribution in [1.29, 1.82) is 0 Å². The number of benzene rings is 1. The third-order valence-corrected chi connectivity index (χ3v) is 6.93. The first-order chi connectivity index (χ1) is 14.5. The molecule has 0 saturated heterocycles. The van der Waals surface area contributed by atoms with Gasteiger partial charge in [0.1, 0.15) is 0 Å². The van der Waals surface area contributed by atoms with Crippen LogP contribution in [0.1, 0.15) is 59.4 Å². The van der Waals surface area contributed by atoms with Crippen LogP contribution < -0.4 is 5.32 Å². The number of rotatable bonds is 7. The van der Waals surface area contributed by atoms with Crippen molar-refractivity contribution in [3.63, 3.8) is 0 Å². The van der Waals surface area contributed by atoms with Crippen LogP contribution in [0.5, 0.6) is 0 Å². The first kappa shape index (κ1) is 20.9. The van der Waals surface area contributed by atoms with Crippen LogP contribution in [-0.4, -0.2) is 47.3 Å². The molecule has 1 aromatic carbocycles. The molecule has 2 aromatic rings. The second-order valence-corrected chi connectivity index (χ2v) is 9.12. The topological polar surface area (TPSA) is 50.2 Å². The summed E-state index contributed by atoms with van der Waals surface area (Å²) in [6, 6.07) is 11.4. The molecule has 1 aromatic heterocycles. The molecule has 1 heterocycles. The summed E-state index contributed by atoms with van der Waals surface area (Å²) in [6.07, 6.45) is 9.87. The SMILES string of the molecule is C=CCn1nc(C(=O)N(C)C)c2c1CCC(NCC1(c3ccccc3)CCCC1)C2. The van der Waals surface area contributed by atoms with Gasteiger partial charge in [0.05, 0.1) is 6.54 Å². The van der Waals surface area contributed by atoms with E-state index in [4.69, 9.17) is 0 Å². The summed E-state index contributed by atoms with van der Waals surface area (Å²) >= 11 is 0. The molecule has 4 rings (SSSR count). The maximum Gasteiger partial charge on any atom is 0.274 e. The largest absolute Gasteiger partial charge is 0.343 e. The molecule has 2 aliphatic carbocycles. The molecule has 1 N–H and O–H groups in total. The molecule has 1 unspecified atom stereocenters. The maximum absolute atomic E-state index is 12.7. The molecule has 0 radical (unpaired) electrons. The highest BCUT2D eigenvalue weighted by Gasteiger charge is 2.37. The standard InChI is InChI=1S/C25H34N4O/c1-4-16-29-22-13-12-20(17-21(22)23(27-29)24(30)28(2)3)26-18-25(14-8-9-15-25)19-10-6-5-7-11-19/h4-7,10-11,20,26H,1,8-9,12-18H2,2-3H3. The Balaban J connectivity index is 1.53. The molecular formula is C25H34N4O. The summed E-state index contributed by atoms with van der Waals surface area (Å²) in [6.45, 7) is 5.51. The number of hydrogen-bond donors (Lipinski definition) is 1. The summed E-state index contributed by atoms with van der Waals surface area (Å²) in [5, 5.41) is 8.56. The lowest BCUT2D eigenvalue weighted by Gasteiger charge is -2.33. The number of fused-ring (bicyclic) bond motifs is 1. The normalized spacial score (nSPS) is 20.0. The second-order valence-electron chi connectivity index (χ2n) is 9.12. The van der Waals surface area contributed by atoms with Gasteiger partial charge in [-0.2, -0.15) is 5.10 Å². The van der Waals surface area contributed by atoms with Crippen LogP contribution in [0.3, 0.4) is 0 Å². The van der Waals surface area contributed by atoms with E-state index in [1.54, 1.807) is 19.0 Å². The fraction of sp³-hybridized carbons (Fsp3) is 0.520. The first-order valence-electron chi connectivity index (χ1n) is 11.2. The first-order valence-corrected chi connectivity index (χ1v) is 11.2. The van der Waals surface area contributed by atoms with Gasteiger partial charge in [-0.15, -0.1) is 6.58 Å². The third kappa shape index (κ3) is 3.95. The average molecular weight is 407 g/mol. The van der Waals surface area contributed by atoms with Gasteiger partial charge in [-0.05, 0) is 37.7 Å². The second kappa shape index (κ2) is 8.76. The van der Waals surface area contributed by atoms with Crippen molar-refractivity contribution in [3.05, 3.63) is 65.5 Å². The van der Waals surface area contributed by atoms with Gasteiger partial charge in [-0.3, -0.25) is 9.48 Å². The molecule has 160 valence electrons. The predicted octanol–water partition coefficient (Wildman–Crippen LogP) is 3.73. The molecule has 30 heavy (non-hydrogen) atoms. The van der Waals surface area contributed by atoms with Crippen molar-refractivity contribution in [3.8, 4) is 0 Å². The molecule has 2 aliphatic rings. The summed E-state index contributed by atoms with van der Waals surface area (Å²) in [7, 11) is 3.59. The Morgan fingerprint density at radius 2 is 2.03 bits per heavy atom. The summed E-state index contributed by atoms with van der Waals surface area (Å²) in [5.41, 5.74) is 4.66. The van der Waals surface area contributed by atoms with Crippen LogP contribution in [0.25, 0.3) is 0 Å². The fourth-order valence-corrected chi connectivity index (χ4v) is 5.27. The smallest absolute Gasteiger partial charge is 0.274 e. The Kier molecular flexibility index (Phi) is 6.09. The van der Waals surface area contributed by atoms with E-state index in [1.807, 2.05) is 10.8 Å². The third-order valence-electron chi connectivity index (χ3n) is 6.93. The molecule has 5 heteroatoms. The predicted molar refractivity (Wildman–Crippen MR) is 121 cm³/mol. The zero-order valence-electron chi connectivity index (χ0n) is 18.4. The van der Waals surface area contributed by atoms with E-state index in [2.05, 4.69) is 47.3 Å². The molecule has 5 nitrogen and oxygen atoms in total. The van der Waals surface area contributed by atoms with E-state index in [0.29, 0.717) is 18.3 Å². The van der Waals surface area contributed by atoms with Gasteiger partial charge in [-0.1, -0.05) is 49.2 Å². The lowest BCUT2D eigenvalue weighted by atomic mass is 9.78. The van der Waals surface area contributed by atoms with Gasteiger partial charge >= 0.3 is 0 Å². The Labute approximate surface area is 180 Å². The van der Waals surface area contributed by atoms with Crippen LogP contribution >= 0.6 is 0 Å². The van der Waals surface area contributed by atoms with E-state index in [1.165, 1.54) is 36.9 Å². The van der Waals surface area contributed by atoms with Crippen LogP contribution in [0.2, 0.25) is 0 Å². The fourth-order valence-electron chi connectivity index (χ4n) is 5.27. The summed E-state index contributed by atoms with van der Waals surface area (Å²) in [5.74, 6) is -0.00809. The Hall–Kier alpha value is -2.40. The van der Waals surface area contributed by atoms with Gasteiger partial charge in [0.25, 0.3) is 5.91 Å². The van der Waals surface area contributed by atoms with Crippen molar-refractivity contribution < 1.29 is 4.79 Å². The summed E-state index contributed by atoms with van der Waals surface area (Å²) < 4.78 is 1.97. The number of carbonyl (C=O) groups excluding carboxylic acids is 1. The van der Waals surface area contributed by atoms with E-state index >= 15 is 0 Å². The average Bonchev–Trinajstić information content (AvgIpc) is 3.38. The molecular weight excluding hydrogens is 372 g/mol. The van der Waals surface area contributed by atoms with Crippen molar-refractivity contribution in [2.24, 2.45) is 0 Å². The number of nitrogens with zero attached hydrogens (tertiary/aromatic N) is 3. The van der Waals surface area contributed by atoms with Crippen LogP contribution in [-0.2, 0) is 24.8 Å². The maximum atomic E-state index is 12.7. The number of allylic oxidation sites excluding steroid dienone is 1. The molecule has 0 bridgehead atoms. The van der Waals surface area contributed by atoms with Crippen molar-refractivity contribution in [2.45, 2.75) is 62.9 Å². The zero-order valence-corrected chi connectivity index (χ0v) is 18.4. The molecule has 1 atom stereocenters. The monoisotopic (exact) mass is 406 g/mol. The van der Waals surface area contributed by atoms with Crippen LogP contribution in [0.4, 0.5) is 0 Å². The molecule has 0 spiro atoms. The van der Waals surface area contributed by atoms with E-state index < -0.39 is 0 Å². The molecule has 1 saturated carbocycles. The van der Waals surface area contributed by atoms with Crippen LogP contribution in [0.15, 0.2) is 43.0 Å². The van der Waals surface area contributed by atoms with E-state index in [0.717, 1.165) is 31.4 Å². The minimum atomic E-state index is -0.00809. The number of aromatic nitrogens is 2. The molecule has 1 amide bonds. The Bertz CT molecular complexity index is 893. The van der Waals surface area contributed by atoms with Crippen LogP contribution in [0, 0.1) is 0 Å². The van der Waals surface area contributed by atoms with Crippen molar-refractivity contribution in [2.75, 3.05) is 20.6 Å². The Morgan fingerprint density at radius 1 is 1.30 bits per heavy atom. The highest BCUT2D eigenvalue weighted by molar-refractivity contribution is 5.93. The van der Waals surface area contributed by atoms with E-state index in [9.17, 15) is 4.79 Å². The molecule has 0 aliphatic heterocycles. The highest BCUT2D eigenvalue weighted by atomic mass is 16.2. The zero-order chi connectivity index (χ0) is 21.1. The highest BCUT2D eigenvalue weighted by Crippen LogP contribution is 2.41.